The maximum Gasteiger partial charge on any atom is 0.226 e. The lowest BCUT2D eigenvalue weighted by molar-refractivity contribution is 0.287. The van der Waals surface area contributed by atoms with Crippen LogP contribution in [0.15, 0.2) is 54.6 Å². The number of hydrogen-bond acceptors (Lipinski definition) is 5. The lowest BCUT2D eigenvalue weighted by Crippen LogP contribution is -2.20. The van der Waals surface area contributed by atoms with Crippen LogP contribution in [0.2, 0.25) is 0 Å². The van der Waals surface area contributed by atoms with Gasteiger partial charge in [-0.1, -0.05) is 29.8 Å². The molecule has 28 heavy (non-hydrogen) atoms. The van der Waals surface area contributed by atoms with Crippen LogP contribution in [0.25, 0.3) is 5.70 Å². The summed E-state index contributed by atoms with van der Waals surface area (Å²) in [5.41, 5.74) is 4.42. The van der Waals surface area contributed by atoms with Crippen LogP contribution in [0.4, 0.5) is 5.95 Å². The van der Waals surface area contributed by atoms with Gasteiger partial charge >= 0.3 is 0 Å². The van der Waals surface area contributed by atoms with Crippen molar-refractivity contribution in [1.29, 1.82) is 0 Å². The fourth-order valence-corrected chi connectivity index (χ4v) is 3.32. The molecule has 1 aliphatic heterocycles. The van der Waals surface area contributed by atoms with Crippen LogP contribution in [0.5, 0.6) is 5.75 Å². The van der Waals surface area contributed by atoms with E-state index >= 15 is 0 Å². The maximum absolute atomic E-state index is 9.12. The topological polar surface area (TPSA) is 72.2 Å². The summed E-state index contributed by atoms with van der Waals surface area (Å²) in [5, 5.41) is 17.2. The maximum atomic E-state index is 9.12. The van der Waals surface area contributed by atoms with E-state index in [1.165, 1.54) is 5.56 Å². The Hall–Kier alpha value is -3.12. The van der Waals surface area contributed by atoms with Gasteiger partial charge < -0.3 is 15.2 Å². The number of methoxy groups -OCH3 is 1. The van der Waals surface area contributed by atoms with E-state index in [1.807, 2.05) is 28.9 Å². The zero-order chi connectivity index (χ0) is 19.5. The monoisotopic (exact) mass is 376 g/mol. The highest BCUT2D eigenvalue weighted by Gasteiger charge is 2.25. The minimum absolute atomic E-state index is 0.0515. The number of ether oxygens (including phenoxy) is 1. The fourth-order valence-electron chi connectivity index (χ4n) is 3.32. The van der Waals surface area contributed by atoms with Crippen LogP contribution in [-0.4, -0.2) is 33.6 Å². The normalized spacial score (nSPS) is 15.5. The van der Waals surface area contributed by atoms with Crippen molar-refractivity contribution in [3.8, 4) is 5.75 Å². The van der Waals surface area contributed by atoms with Crippen LogP contribution < -0.4 is 10.1 Å². The predicted octanol–water partition coefficient (Wildman–Crippen LogP) is 3.58. The van der Waals surface area contributed by atoms with Crippen molar-refractivity contribution in [2.45, 2.75) is 25.8 Å². The van der Waals surface area contributed by atoms with Gasteiger partial charge in [-0.15, -0.1) is 0 Å². The van der Waals surface area contributed by atoms with E-state index in [4.69, 9.17) is 14.9 Å². The molecule has 0 spiro atoms. The summed E-state index contributed by atoms with van der Waals surface area (Å²) in [6.45, 7) is 2.22. The fraction of sp³-hybridized carbons (Fsp3) is 0.273. The first-order chi connectivity index (χ1) is 13.7. The number of aromatic nitrogens is 3. The minimum Gasteiger partial charge on any atom is -0.497 e. The molecule has 1 atom stereocenters. The van der Waals surface area contributed by atoms with Crippen LogP contribution in [-0.2, 0) is 6.42 Å². The summed E-state index contributed by atoms with van der Waals surface area (Å²) in [6.07, 6.45) is 3.47. The van der Waals surface area contributed by atoms with Gasteiger partial charge in [-0.2, -0.15) is 10.1 Å². The number of aliphatic hydroxyl groups is 1. The van der Waals surface area contributed by atoms with Gasteiger partial charge in [0.1, 0.15) is 11.8 Å². The minimum atomic E-state index is -0.0515. The summed E-state index contributed by atoms with van der Waals surface area (Å²) in [7, 11) is 1.66. The number of anilines is 1. The standard InChI is InChI=1S/C22H24N4O2/c1-15-5-7-17(8-6-15)20-14-19(16-9-11-18(28-2)12-10-16)23-22-24-21(4-3-13-27)25-26(20)22/h5-12,14,20,27H,3-4,13H2,1-2H3,(H,23,24,25). The van der Waals surface area contributed by atoms with Gasteiger partial charge in [-0.05, 0) is 54.8 Å². The van der Waals surface area contributed by atoms with E-state index in [1.54, 1.807) is 7.11 Å². The Bertz CT molecular complexity index is 975. The van der Waals surface area contributed by atoms with Crippen molar-refractivity contribution in [2.75, 3.05) is 19.0 Å². The number of nitrogens with one attached hydrogen (secondary N) is 1. The first kappa shape index (κ1) is 18.3. The number of aryl methyl sites for hydroxylation is 2. The van der Waals surface area contributed by atoms with Crippen molar-refractivity contribution in [1.82, 2.24) is 14.8 Å². The van der Waals surface area contributed by atoms with E-state index in [2.05, 4.69) is 47.6 Å². The van der Waals surface area contributed by atoms with Crippen molar-refractivity contribution in [2.24, 2.45) is 0 Å². The van der Waals surface area contributed by atoms with Crippen LogP contribution in [0.3, 0.4) is 0 Å². The average Bonchev–Trinajstić information content (AvgIpc) is 3.15. The number of nitrogens with zero attached hydrogens (tertiary/aromatic N) is 3. The molecule has 0 saturated heterocycles. The molecule has 144 valence electrons. The molecule has 2 N–H and O–H groups in total. The third kappa shape index (κ3) is 3.64. The van der Waals surface area contributed by atoms with E-state index < -0.39 is 0 Å². The van der Waals surface area contributed by atoms with Crippen molar-refractivity contribution >= 4 is 11.6 Å². The van der Waals surface area contributed by atoms with E-state index in [0.717, 1.165) is 28.4 Å². The molecule has 3 aromatic rings. The van der Waals surface area contributed by atoms with Crippen molar-refractivity contribution < 1.29 is 9.84 Å². The van der Waals surface area contributed by atoms with Gasteiger partial charge in [-0.3, -0.25) is 0 Å². The molecule has 1 aliphatic rings. The summed E-state index contributed by atoms with van der Waals surface area (Å²) in [5.74, 6) is 2.27. The zero-order valence-corrected chi connectivity index (χ0v) is 16.1. The van der Waals surface area contributed by atoms with Crippen molar-refractivity contribution in [3.63, 3.8) is 0 Å². The quantitative estimate of drug-likeness (QED) is 0.688. The lowest BCUT2D eigenvalue weighted by atomic mass is 10.0. The highest BCUT2D eigenvalue weighted by Crippen LogP contribution is 2.33. The first-order valence-electron chi connectivity index (χ1n) is 9.44. The van der Waals surface area contributed by atoms with Gasteiger partial charge in [0.2, 0.25) is 5.95 Å². The number of fused-ring (bicyclic) bond motifs is 1. The Labute approximate surface area is 164 Å². The molecule has 4 rings (SSSR count). The van der Waals surface area contributed by atoms with Gasteiger partial charge in [0.15, 0.2) is 5.82 Å². The predicted molar refractivity (Wildman–Crippen MR) is 109 cm³/mol. The molecule has 6 heteroatoms. The number of hydrogen-bond donors (Lipinski definition) is 2. The van der Waals surface area contributed by atoms with Crippen LogP contribution in [0, 0.1) is 6.92 Å². The molecule has 2 aromatic carbocycles. The second kappa shape index (κ2) is 7.86. The summed E-state index contributed by atoms with van der Waals surface area (Å²) in [4.78, 5) is 4.66. The summed E-state index contributed by atoms with van der Waals surface area (Å²) < 4.78 is 7.19. The second-order valence-corrected chi connectivity index (χ2v) is 6.91. The Kier molecular flexibility index (Phi) is 5.12. The third-order valence-corrected chi connectivity index (χ3v) is 4.89. The number of allylic oxidation sites excluding steroid dienone is 1. The zero-order valence-electron chi connectivity index (χ0n) is 16.1. The van der Waals surface area contributed by atoms with Crippen LogP contribution >= 0.6 is 0 Å². The van der Waals surface area contributed by atoms with Gasteiger partial charge in [-0.25, -0.2) is 4.68 Å². The summed E-state index contributed by atoms with van der Waals surface area (Å²) >= 11 is 0. The highest BCUT2D eigenvalue weighted by atomic mass is 16.5. The molecule has 2 heterocycles. The van der Waals surface area contributed by atoms with Gasteiger partial charge in [0.25, 0.3) is 0 Å². The van der Waals surface area contributed by atoms with Gasteiger partial charge in [0, 0.05) is 18.7 Å². The van der Waals surface area contributed by atoms with E-state index in [0.29, 0.717) is 18.8 Å². The average molecular weight is 376 g/mol. The molecule has 0 bridgehead atoms. The van der Waals surface area contributed by atoms with E-state index in [9.17, 15) is 0 Å². The molecule has 0 amide bonds. The largest absolute Gasteiger partial charge is 0.497 e. The van der Waals surface area contributed by atoms with E-state index in [-0.39, 0.29) is 12.6 Å². The smallest absolute Gasteiger partial charge is 0.226 e. The molecule has 1 aromatic heterocycles. The van der Waals surface area contributed by atoms with Crippen LogP contribution in [0.1, 0.15) is 35.0 Å². The molecule has 0 saturated carbocycles. The number of aliphatic hydroxyl groups excluding tert-OH is 1. The molecule has 0 aliphatic carbocycles. The SMILES string of the molecule is COc1ccc(C2=CC(c3ccc(C)cc3)n3nc(CCCO)nc3N2)cc1. The van der Waals surface area contributed by atoms with Gasteiger partial charge in [0.05, 0.1) is 7.11 Å². The Morgan fingerprint density at radius 3 is 2.54 bits per heavy atom. The lowest BCUT2D eigenvalue weighted by Gasteiger charge is -2.24. The Morgan fingerprint density at radius 2 is 1.86 bits per heavy atom. The summed E-state index contributed by atoms with van der Waals surface area (Å²) in [6, 6.07) is 16.4. The number of benzene rings is 2. The Balaban J connectivity index is 1.74. The van der Waals surface area contributed by atoms with Crippen molar-refractivity contribution in [3.05, 3.63) is 77.1 Å². The molecule has 1 unspecified atom stereocenters. The molecule has 0 fully saturated rings. The molecule has 0 radical (unpaired) electrons. The highest BCUT2D eigenvalue weighted by molar-refractivity contribution is 5.77. The Morgan fingerprint density at radius 1 is 1.11 bits per heavy atom. The molecule has 6 nitrogen and oxygen atoms in total. The molecular weight excluding hydrogens is 352 g/mol. The number of rotatable bonds is 6. The third-order valence-electron chi connectivity index (χ3n) is 4.89. The molecular formula is C22H24N4O2. The second-order valence-electron chi connectivity index (χ2n) is 6.91. The first-order valence-corrected chi connectivity index (χ1v) is 9.44.